The van der Waals surface area contributed by atoms with Crippen molar-refractivity contribution in [3.05, 3.63) is 57.0 Å². The van der Waals surface area contributed by atoms with Crippen LogP contribution in [0.1, 0.15) is 21.1 Å². The van der Waals surface area contributed by atoms with Crippen LogP contribution in [0.3, 0.4) is 0 Å². The number of piperazine rings is 1. The zero-order chi connectivity index (χ0) is 24.3. The van der Waals surface area contributed by atoms with Crippen LogP contribution in [-0.2, 0) is 0 Å². The molecule has 2 aromatic heterocycles. The molecule has 1 saturated heterocycles. The number of carbonyl (C=O) groups is 1. The molecule has 0 aliphatic carbocycles. The van der Waals surface area contributed by atoms with Crippen LogP contribution < -0.4 is 15.3 Å². The van der Waals surface area contributed by atoms with Gasteiger partial charge in [0, 0.05) is 19.6 Å². The average Bonchev–Trinajstić information content (AvgIpc) is 3.26. The lowest BCUT2D eigenvalue weighted by Crippen LogP contribution is -2.57. The number of anilines is 3. The number of aromatic nitrogens is 3. The maximum atomic E-state index is 13.4. The molecule has 10 nitrogen and oxygen atoms in total. The number of hydrogen-bond donors (Lipinski definition) is 3. The van der Waals surface area contributed by atoms with E-state index in [0.717, 1.165) is 5.56 Å². The predicted molar refractivity (Wildman–Crippen MR) is 135 cm³/mol. The Bertz CT molecular complexity index is 1160. The minimum atomic E-state index is -0.553. The summed E-state index contributed by atoms with van der Waals surface area (Å²) in [7, 11) is 0. The van der Waals surface area contributed by atoms with E-state index in [1.165, 1.54) is 17.5 Å². The number of benzene rings is 1. The van der Waals surface area contributed by atoms with Crippen LogP contribution in [-0.4, -0.2) is 70.2 Å². The maximum absolute atomic E-state index is 13.4. The first-order valence-electron chi connectivity index (χ1n) is 10.8. The summed E-state index contributed by atoms with van der Waals surface area (Å²) in [6, 6.07) is 7.05. The van der Waals surface area contributed by atoms with Gasteiger partial charge in [-0.1, -0.05) is 35.1 Å². The number of hydroxylamine groups is 2. The van der Waals surface area contributed by atoms with E-state index in [2.05, 4.69) is 30.5 Å². The third-order valence-corrected chi connectivity index (χ3v) is 6.86. The summed E-state index contributed by atoms with van der Waals surface area (Å²) in [6.07, 6.45) is 1.48. The van der Waals surface area contributed by atoms with E-state index in [4.69, 9.17) is 16.7 Å². The maximum Gasteiger partial charge on any atom is 0.267 e. The number of aliphatic hydroxyl groups is 1. The van der Waals surface area contributed by atoms with Gasteiger partial charge >= 0.3 is 0 Å². The fourth-order valence-electron chi connectivity index (χ4n) is 3.76. The zero-order valence-electron chi connectivity index (χ0n) is 18.9. The molecule has 1 aromatic carbocycles. The summed E-state index contributed by atoms with van der Waals surface area (Å²) >= 11 is 7.38. The minimum Gasteiger partial charge on any atom is -0.626 e. The Labute approximate surface area is 206 Å². The van der Waals surface area contributed by atoms with Gasteiger partial charge in [0.1, 0.15) is 16.5 Å². The molecular weight excluding hydrogens is 478 g/mol. The molecule has 3 aromatic rings. The van der Waals surface area contributed by atoms with Gasteiger partial charge in [-0.25, -0.2) is 9.97 Å². The number of aryl methyl sites for hydroxylation is 2. The molecular formula is C22H26ClN7O3S. The summed E-state index contributed by atoms with van der Waals surface area (Å²) in [6.45, 7) is 6.11. The molecule has 4 rings (SSSR count). The number of β-amino-alcohol motifs (C(OH)–C–C–N with tert-alkyl or cyclic N) is 1. The van der Waals surface area contributed by atoms with Crippen molar-refractivity contribution in [1.82, 2.24) is 24.5 Å². The highest BCUT2D eigenvalue weighted by molar-refractivity contribution is 7.17. The van der Waals surface area contributed by atoms with Crippen LogP contribution in [0.4, 0.5) is 22.5 Å². The van der Waals surface area contributed by atoms with Crippen molar-refractivity contribution in [1.29, 1.82) is 0 Å². The molecule has 1 aliphatic heterocycles. The molecule has 3 heterocycles. The van der Waals surface area contributed by atoms with Gasteiger partial charge in [0.05, 0.1) is 42.7 Å². The van der Waals surface area contributed by atoms with Crippen molar-refractivity contribution < 1.29 is 9.90 Å². The highest BCUT2D eigenvalue weighted by Crippen LogP contribution is 2.29. The molecule has 0 unspecified atom stereocenters. The Morgan fingerprint density at radius 3 is 2.76 bits per heavy atom. The fourth-order valence-corrected chi connectivity index (χ4v) is 4.75. The van der Waals surface area contributed by atoms with E-state index in [1.54, 1.807) is 19.1 Å². The number of rotatable bonds is 7. The van der Waals surface area contributed by atoms with E-state index in [9.17, 15) is 10.0 Å². The smallest absolute Gasteiger partial charge is 0.267 e. The number of quaternary nitrogens is 1. The van der Waals surface area contributed by atoms with Crippen LogP contribution in [0.25, 0.3) is 0 Å². The van der Waals surface area contributed by atoms with Crippen molar-refractivity contribution >= 4 is 51.3 Å². The van der Waals surface area contributed by atoms with Gasteiger partial charge < -0.3 is 25.6 Å². The van der Waals surface area contributed by atoms with Crippen molar-refractivity contribution in [2.45, 2.75) is 13.8 Å². The molecule has 0 atom stereocenters. The second kappa shape index (κ2) is 10.3. The number of hydrogen-bond acceptors (Lipinski definition) is 9. The van der Waals surface area contributed by atoms with Crippen LogP contribution in [0, 0.1) is 19.1 Å². The van der Waals surface area contributed by atoms with Gasteiger partial charge in [0.2, 0.25) is 5.82 Å². The van der Waals surface area contributed by atoms with Gasteiger partial charge in [-0.2, -0.15) is 4.98 Å². The first kappa shape index (κ1) is 24.5. The Morgan fingerprint density at radius 2 is 2.06 bits per heavy atom. The summed E-state index contributed by atoms with van der Waals surface area (Å²) in [4.78, 5) is 28.2. The monoisotopic (exact) mass is 503 g/mol. The Balaban J connectivity index is 1.47. The van der Waals surface area contributed by atoms with Crippen LogP contribution in [0.15, 0.2) is 30.5 Å². The molecule has 0 spiro atoms. The number of halogens is 1. The van der Waals surface area contributed by atoms with Gasteiger partial charge in [0.25, 0.3) is 5.91 Å². The van der Waals surface area contributed by atoms with Gasteiger partial charge in [-0.05, 0) is 25.5 Å². The molecule has 3 N–H and O–H groups in total. The van der Waals surface area contributed by atoms with Gasteiger partial charge in [0.15, 0.2) is 5.13 Å². The van der Waals surface area contributed by atoms with E-state index in [0.29, 0.717) is 70.9 Å². The largest absolute Gasteiger partial charge is 0.626 e. The normalized spacial score (nSPS) is 15.8. The highest BCUT2D eigenvalue weighted by atomic mass is 35.5. The third-order valence-electron chi connectivity index (χ3n) is 5.64. The van der Waals surface area contributed by atoms with Crippen molar-refractivity contribution in [2.24, 2.45) is 0 Å². The Morgan fingerprint density at radius 1 is 1.29 bits per heavy atom. The zero-order valence-corrected chi connectivity index (χ0v) is 20.5. The molecule has 0 saturated carbocycles. The molecule has 1 aliphatic rings. The van der Waals surface area contributed by atoms with E-state index in [1.807, 2.05) is 19.1 Å². The van der Waals surface area contributed by atoms with Gasteiger partial charge in [-0.3, -0.25) is 9.69 Å². The molecule has 12 heteroatoms. The summed E-state index contributed by atoms with van der Waals surface area (Å²) < 4.78 is -0.553. The summed E-state index contributed by atoms with van der Waals surface area (Å²) in [5, 5.41) is 29.4. The number of nitrogens with one attached hydrogen (secondary N) is 2. The second-order valence-electron chi connectivity index (χ2n) is 8.10. The predicted octanol–water partition coefficient (Wildman–Crippen LogP) is 3.31. The molecule has 180 valence electrons. The topological polar surface area (TPSA) is 126 Å². The molecule has 0 bridgehead atoms. The number of thiazole rings is 1. The van der Waals surface area contributed by atoms with Crippen molar-refractivity contribution in [3.63, 3.8) is 0 Å². The van der Waals surface area contributed by atoms with E-state index >= 15 is 0 Å². The lowest BCUT2D eigenvalue weighted by atomic mass is 10.2. The van der Waals surface area contributed by atoms with Gasteiger partial charge in [-0.15, -0.1) is 0 Å². The van der Waals surface area contributed by atoms with E-state index in [-0.39, 0.29) is 12.5 Å². The first-order chi connectivity index (χ1) is 16.3. The summed E-state index contributed by atoms with van der Waals surface area (Å²) in [5.74, 6) is 0.972. The van der Waals surface area contributed by atoms with E-state index < -0.39 is 4.65 Å². The molecule has 1 amide bonds. The highest BCUT2D eigenvalue weighted by Gasteiger charge is 2.29. The minimum absolute atomic E-state index is 0.0748. The SMILES string of the molecule is Cc1nc(Nc2ncc(C(=O)Nc3c(C)cccc3Cl)s2)cc([N+]2([O-])CCN(CCO)CC2)n1. The lowest BCUT2D eigenvalue weighted by molar-refractivity contribution is 0.103. The number of carbonyl (C=O) groups excluding carboxylic acids is 1. The number of para-hydroxylation sites is 1. The average molecular weight is 504 g/mol. The fraction of sp³-hybridized carbons (Fsp3) is 0.364. The quantitative estimate of drug-likeness (QED) is 0.331. The number of aliphatic hydroxyl groups excluding tert-OH is 1. The van der Waals surface area contributed by atoms with Crippen LogP contribution in [0.2, 0.25) is 5.02 Å². The van der Waals surface area contributed by atoms with Crippen LogP contribution in [0.5, 0.6) is 0 Å². The first-order valence-corrected chi connectivity index (χ1v) is 12.0. The third kappa shape index (κ3) is 5.52. The van der Waals surface area contributed by atoms with Crippen molar-refractivity contribution in [2.75, 3.05) is 50.0 Å². The van der Waals surface area contributed by atoms with Crippen LogP contribution >= 0.6 is 22.9 Å². The summed E-state index contributed by atoms with van der Waals surface area (Å²) in [5.41, 5.74) is 1.43. The molecule has 34 heavy (non-hydrogen) atoms. The molecule has 1 fully saturated rings. The Hall–Kier alpha value is -2.67. The molecule has 0 radical (unpaired) electrons. The number of nitrogens with zero attached hydrogens (tertiary/aromatic N) is 5. The Kier molecular flexibility index (Phi) is 7.41. The number of amides is 1. The standard InChI is InChI=1S/C22H26ClN7O3S/c1-14-4-3-5-16(23)20(14)28-21(32)17-13-24-22(34-17)27-18-12-19(26-15(2)25-18)30(33)9-6-29(7-10-30)8-11-31/h3-5,12-13,31H,6-11H2,1-2H3,(H,28,32)(H,24,25,26,27). The lowest BCUT2D eigenvalue weighted by Gasteiger charge is -2.46. The second-order valence-corrected chi connectivity index (χ2v) is 9.54. The van der Waals surface area contributed by atoms with Crippen molar-refractivity contribution in [3.8, 4) is 0 Å².